The number of sulfonamides is 1. The number of carbonyl (C=O) groups is 1. The van der Waals surface area contributed by atoms with Crippen molar-refractivity contribution < 1.29 is 17.6 Å². The highest BCUT2D eigenvalue weighted by atomic mass is 32.2. The highest BCUT2D eigenvalue weighted by molar-refractivity contribution is 7.88. The standard InChI is InChI=1S/C19H21N3O4S2/c1-28(24,25)21-9-8-14-4-6-15(7-5-14)17-13-27-19(22-17)11-18(23)20-12-16-3-2-10-26-16/h2-7,10,13,21H,8-9,11-12H2,1H3,(H,20,23). The van der Waals surface area contributed by atoms with Crippen LogP contribution in [0, 0.1) is 0 Å². The quantitative estimate of drug-likeness (QED) is 0.554. The number of rotatable bonds is 9. The lowest BCUT2D eigenvalue weighted by Gasteiger charge is -2.04. The van der Waals surface area contributed by atoms with Crippen molar-refractivity contribution in [3.05, 3.63) is 64.4 Å². The Morgan fingerprint density at radius 3 is 2.68 bits per heavy atom. The van der Waals surface area contributed by atoms with Crippen LogP contribution >= 0.6 is 11.3 Å². The fourth-order valence-electron chi connectivity index (χ4n) is 2.55. The van der Waals surface area contributed by atoms with E-state index in [0.29, 0.717) is 25.3 Å². The highest BCUT2D eigenvalue weighted by Gasteiger charge is 2.10. The molecule has 2 N–H and O–H groups in total. The molecule has 1 aromatic carbocycles. The smallest absolute Gasteiger partial charge is 0.227 e. The van der Waals surface area contributed by atoms with Gasteiger partial charge in [-0.15, -0.1) is 11.3 Å². The van der Waals surface area contributed by atoms with E-state index in [0.717, 1.165) is 28.1 Å². The average Bonchev–Trinajstić information content (AvgIpc) is 3.31. The number of carbonyl (C=O) groups excluding carboxylic acids is 1. The Hall–Kier alpha value is -2.49. The maximum Gasteiger partial charge on any atom is 0.227 e. The van der Waals surface area contributed by atoms with Gasteiger partial charge in [0.15, 0.2) is 0 Å². The molecule has 3 rings (SSSR count). The average molecular weight is 420 g/mol. The first-order valence-electron chi connectivity index (χ1n) is 8.66. The van der Waals surface area contributed by atoms with E-state index < -0.39 is 10.0 Å². The van der Waals surface area contributed by atoms with Crippen LogP contribution in [0.1, 0.15) is 16.3 Å². The molecule has 148 valence electrons. The Kier molecular flexibility index (Phi) is 6.61. The number of benzene rings is 1. The van der Waals surface area contributed by atoms with E-state index in [1.165, 1.54) is 11.3 Å². The van der Waals surface area contributed by atoms with Crippen molar-refractivity contribution in [3.8, 4) is 11.3 Å². The third kappa shape index (κ3) is 6.29. The van der Waals surface area contributed by atoms with E-state index in [1.807, 2.05) is 35.7 Å². The maximum atomic E-state index is 12.0. The Labute approximate surface area is 167 Å². The summed E-state index contributed by atoms with van der Waals surface area (Å²) in [6, 6.07) is 11.4. The topological polar surface area (TPSA) is 101 Å². The van der Waals surface area contributed by atoms with Crippen LogP contribution in [0.15, 0.2) is 52.5 Å². The van der Waals surface area contributed by atoms with Gasteiger partial charge in [-0.05, 0) is 24.1 Å². The molecule has 2 aromatic heterocycles. The molecule has 0 bridgehead atoms. The second-order valence-corrected chi connectivity index (χ2v) is 9.05. The second kappa shape index (κ2) is 9.13. The molecule has 28 heavy (non-hydrogen) atoms. The number of aromatic nitrogens is 1. The van der Waals surface area contributed by atoms with E-state index in [1.54, 1.807) is 12.3 Å². The van der Waals surface area contributed by atoms with E-state index in [-0.39, 0.29) is 12.3 Å². The van der Waals surface area contributed by atoms with Crippen LogP contribution < -0.4 is 10.0 Å². The third-order valence-corrected chi connectivity index (χ3v) is 5.51. The molecule has 0 unspecified atom stereocenters. The van der Waals surface area contributed by atoms with Crippen molar-refractivity contribution in [1.82, 2.24) is 15.0 Å². The van der Waals surface area contributed by atoms with Crippen molar-refractivity contribution in [2.24, 2.45) is 0 Å². The zero-order valence-electron chi connectivity index (χ0n) is 15.3. The summed E-state index contributed by atoms with van der Waals surface area (Å²) in [4.78, 5) is 16.6. The molecule has 0 aliphatic heterocycles. The summed E-state index contributed by atoms with van der Waals surface area (Å²) in [5, 5.41) is 5.48. The van der Waals surface area contributed by atoms with Gasteiger partial charge in [-0.1, -0.05) is 24.3 Å². The molecule has 0 aliphatic rings. The number of hydrogen-bond acceptors (Lipinski definition) is 6. The normalized spacial score (nSPS) is 11.5. The first-order chi connectivity index (χ1) is 13.4. The molecule has 9 heteroatoms. The zero-order valence-corrected chi connectivity index (χ0v) is 17.0. The van der Waals surface area contributed by atoms with E-state index in [9.17, 15) is 13.2 Å². The Balaban J connectivity index is 1.52. The molecule has 2 heterocycles. The van der Waals surface area contributed by atoms with Crippen LogP contribution in [0.2, 0.25) is 0 Å². The summed E-state index contributed by atoms with van der Waals surface area (Å²) in [6.45, 7) is 0.728. The number of furan rings is 1. The monoisotopic (exact) mass is 419 g/mol. The van der Waals surface area contributed by atoms with E-state index in [4.69, 9.17) is 4.42 Å². The fraction of sp³-hybridized carbons (Fsp3) is 0.263. The van der Waals surface area contributed by atoms with Crippen molar-refractivity contribution in [2.45, 2.75) is 19.4 Å². The summed E-state index contributed by atoms with van der Waals surface area (Å²) in [7, 11) is -3.17. The molecule has 7 nitrogen and oxygen atoms in total. The number of thiazole rings is 1. The maximum absolute atomic E-state index is 12.0. The van der Waals surface area contributed by atoms with Crippen molar-refractivity contribution in [3.63, 3.8) is 0 Å². The van der Waals surface area contributed by atoms with E-state index >= 15 is 0 Å². The Bertz CT molecular complexity index is 1010. The van der Waals surface area contributed by atoms with Crippen molar-refractivity contribution >= 4 is 27.3 Å². The molecule has 1 amide bonds. The minimum atomic E-state index is -3.17. The van der Waals surface area contributed by atoms with Gasteiger partial charge in [-0.2, -0.15) is 0 Å². The van der Waals surface area contributed by atoms with Gasteiger partial charge >= 0.3 is 0 Å². The van der Waals surface area contributed by atoms with Gasteiger partial charge in [0.25, 0.3) is 0 Å². The lowest BCUT2D eigenvalue weighted by atomic mass is 10.1. The lowest BCUT2D eigenvalue weighted by Crippen LogP contribution is -2.24. The molecule has 0 saturated carbocycles. The molecule has 0 atom stereocenters. The SMILES string of the molecule is CS(=O)(=O)NCCc1ccc(-c2csc(CC(=O)NCc3ccco3)n2)cc1. The molecule has 0 spiro atoms. The summed E-state index contributed by atoms with van der Waals surface area (Å²) < 4.78 is 29.8. The van der Waals surface area contributed by atoms with Crippen LogP contribution in [-0.4, -0.2) is 32.1 Å². The molecular formula is C19H21N3O4S2. The van der Waals surface area contributed by atoms with Gasteiger partial charge in [0.05, 0.1) is 31.2 Å². The Morgan fingerprint density at radius 2 is 2.00 bits per heavy atom. The van der Waals surface area contributed by atoms with E-state index in [2.05, 4.69) is 15.0 Å². The third-order valence-electron chi connectivity index (χ3n) is 3.93. The molecule has 0 aliphatic carbocycles. The van der Waals surface area contributed by atoms with Crippen LogP contribution in [0.5, 0.6) is 0 Å². The van der Waals surface area contributed by atoms with Crippen LogP contribution in [0.3, 0.4) is 0 Å². The first kappa shape index (κ1) is 20.2. The number of nitrogens with zero attached hydrogens (tertiary/aromatic N) is 1. The minimum Gasteiger partial charge on any atom is -0.467 e. The highest BCUT2D eigenvalue weighted by Crippen LogP contribution is 2.22. The van der Waals surface area contributed by atoms with Crippen LogP contribution in [-0.2, 0) is 34.2 Å². The summed E-state index contributed by atoms with van der Waals surface area (Å²) >= 11 is 1.44. The number of nitrogens with one attached hydrogen (secondary N) is 2. The molecule has 0 saturated heterocycles. The molecule has 0 radical (unpaired) electrons. The van der Waals surface area contributed by atoms with Gasteiger partial charge in [0.2, 0.25) is 15.9 Å². The summed E-state index contributed by atoms with van der Waals surface area (Å²) in [6.07, 6.45) is 3.56. The van der Waals surface area contributed by atoms with Crippen molar-refractivity contribution in [1.29, 1.82) is 0 Å². The Morgan fingerprint density at radius 1 is 1.21 bits per heavy atom. The van der Waals surface area contributed by atoms with Gasteiger partial charge in [-0.25, -0.2) is 18.1 Å². The molecule has 0 fully saturated rings. The molecule has 3 aromatic rings. The van der Waals surface area contributed by atoms with Gasteiger partial charge in [0, 0.05) is 17.5 Å². The van der Waals surface area contributed by atoms with Gasteiger partial charge < -0.3 is 9.73 Å². The van der Waals surface area contributed by atoms with Gasteiger partial charge in [-0.3, -0.25) is 4.79 Å². The number of amides is 1. The largest absolute Gasteiger partial charge is 0.467 e. The lowest BCUT2D eigenvalue weighted by molar-refractivity contribution is -0.120. The summed E-state index contributed by atoms with van der Waals surface area (Å²) in [5.74, 6) is 0.603. The first-order valence-corrected chi connectivity index (χ1v) is 11.4. The van der Waals surface area contributed by atoms with Crippen molar-refractivity contribution in [2.75, 3.05) is 12.8 Å². The fourth-order valence-corrected chi connectivity index (χ4v) is 3.82. The number of hydrogen-bond donors (Lipinski definition) is 2. The van der Waals surface area contributed by atoms with Gasteiger partial charge in [0.1, 0.15) is 10.8 Å². The minimum absolute atomic E-state index is 0.106. The zero-order chi connectivity index (χ0) is 20.0. The predicted octanol–water partition coefficient (Wildman–Crippen LogP) is 2.35. The summed E-state index contributed by atoms with van der Waals surface area (Å²) in [5.41, 5.74) is 2.81. The predicted molar refractivity (Wildman–Crippen MR) is 108 cm³/mol. The van der Waals surface area contributed by atoms with Crippen LogP contribution in [0.25, 0.3) is 11.3 Å². The van der Waals surface area contributed by atoms with Crippen LogP contribution in [0.4, 0.5) is 0 Å². The second-order valence-electron chi connectivity index (χ2n) is 6.27. The molecular weight excluding hydrogens is 398 g/mol.